The minimum Gasteiger partial charge on any atom is -0.381 e. The van der Waals surface area contributed by atoms with Crippen molar-refractivity contribution in [1.82, 2.24) is 15.1 Å². The summed E-state index contributed by atoms with van der Waals surface area (Å²) >= 11 is 0. The predicted octanol–water partition coefficient (Wildman–Crippen LogP) is 1.89. The fraction of sp³-hybridized carbons (Fsp3) is 0.400. The third-order valence-corrected chi connectivity index (χ3v) is 5.90. The van der Waals surface area contributed by atoms with Crippen molar-refractivity contribution >= 4 is 23.4 Å². The molecule has 8 heteroatoms. The Kier molecular flexibility index (Phi) is 4.19. The van der Waals surface area contributed by atoms with E-state index in [1.54, 1.807) is 5.32 Å². The highest BCUT2D eigenvalue weighted by atomic mass is 16.5. The van der Waals surface area contributed by atoms with Crippen LogP contribution in [0.15, 0.2) is 42.4 Å². The van der Waals surface area contributed by atoms with Crippen LogP contribution in [0, 0.1) is 0 Å². The number of fused-ring (bicyclic) bond motifs is 1. The summed E-state index contributed by atoms with van der Waals surface area (Å²) in [5.74, 6) is -3.57. The second-order valence-electron chi connectivity index (χ2n) is 8.09. The lowest BCUT2D eigenvalue weighted by Gasteiger charge is -2.29. The van der Waals surface area contributed by atoms with Gasteiger partial charge in [-0.1, -0.05) is 30.3 Å². The van der Waals surface area contributed by atoms with E-state index < -0.39 is 55.1 Å². The second-order valence-corrected chi connectivity index (χ2v) is 8.09. The first-order valence-corrected chi connectivity index (χ1v) is 10.7. The van der Waals surface area contributed by atoms with E-state index in [0.717, 1.165) is 35.7 Å². The summed E-state index contributed by atoms with van der Waals surface area (Å²) in [5.41, 5.74) is 1.96. The van der Waals surface area contributed by atoms with Crippen LogP contribution < -0.4 is 10.6 Å². The van der Waals surface area contributed by atoms with Gasteiger partial charge in [0.25, 0.3) is 5.91 Å². The van der Waals surface area contributed by atoms with Crippen molar-refractivity contribution in [3.63, 3.8) is 0 Å². The van der Waals surface area contributed by atoms with E-state index in [1.807, 2.05) is 24.3 Å². The molecule has 3 aliphatic heterocycles. The first-order chi connectivity index (χ1) is 18.8. The molecule has 0 spiro atoms. The summed E-state index contributed by atoms with van der Waals surface area (Å²) in [4.78, 5) is 41.1. The van der Waals surface area contributed by atoms with Gasteiger partial charge in [-0.05, 0) is 29.6 Å². The van der Waals surface area contributed by atoms with Gasteiger partial charge in [0.15, 0.2) is 0 Å². The lowest BCUT2D eigenvalue weighted by molar-refractivity contribution is -0.136. The summed E-state index contributed by atoms with van der Waals surface area (Å²) in [6, 6.07) is 4.44. The van der Waals surface area contributed by atoms with Gasteiger partial charge in [-0.3, -0.25) is 24.6 Å². The van der Waals surface area contributed by atoms with Crippen molar-refractivity contribution < 1.29 is 28.7 Å². The molecule has 2 fully saturated rings. The second kappa shape index (κ2) is 9.33. The van der Waals surface area contributed by atoms with Crippen LogP contribution >= 0.6 is 0 Å². The molecule has 2 saturated heterocycles. The molecule has 0 aromatic heterocycles. The standard InChI is InChI=1S/C25H28N4O4/c30-23-9-8-22(24(31)27-23)29-16-20-19(25(29)32)2-1-3-21(20)26-14-17-4-6-18(7-5-17)15-28-10-12-33-13-11-28/h1-7,22,26H,8-16H2,(H,27,30,31)/i1D,2D,3D,8D2,9D2. The summed E-state index contributed by atoms with van der Waals surface area (Å²) in [7, 11) is 0. The molecule has 172 valence electrons. The average molecular weight is 456 g/mol. The van der Waals surface area contributed by atoms with Gasteiger partial charge in [-0.15, -0.1) is 0 Å². The maximum Gasteiger partial charge on any atom is 0.255 e. The van der Waals surface area contributed by atoms with Crippen LogP contribution in [-0.4, -0.2) is 59.9 Å². The number of nitrogens with one attached hydrogen (secondary N) is 2. The number of morpholine rings is 1. The fourth-order valence-corrected chi connectivity index (χ4v) is 4.12. The Bertz CT molecular complexity index is 1380. The summed E-state index contributed by atoms with van der Waals surface area (Å²) in [6.45, 7) is 3.75. The van der Waals surface area contributed by atoms with Crippen molar-refractivity contribution in [3.8, 4) is 0 Å². The van der Waals surface area contributed by atoms with E-state index in [1.165, 1.54) is 0 Å². The highest BCUT2D eigenvalue weighted by Gasteiger charge is 2.39. The number of imide groups is 1. The van der Waals surface area contributed by atoms with E-state index >= 15 is 0 Å². The van der Waals surface area contributed by atoms with Crippen molar-refractivity contribution in [3.05, 3.63) is 64.6 Å². The van der Waals surface area contributed by atoms with Gasteiger partial charge in [0.1, 0.15) is 6.04 Å². The number of rotatable bonds is 6. The topological polar surface area (TPSA) is 91.0 Å². The highest BCUT2D eigenvalue weighted by Crippen LogP contribution is 2.32. The first kappa shape index (κ1) is 14.8. The summed E-state index contributed by atoms with van der Waals surface area (Å²) in [5, 5.41) is 4.87. The van der Waals surface area contributed by atoms with Crippen molar-refractivity contribution in [2.24, 2.45) is 0 Å². The fourth-order valence-electron chi connectivity index (χ4n) is 4.12. The van der Waals surface area contributed by atoms with Crippen molar-refractivity contribution in [1.29, 1.82) is 0 Å². The molecule has 0 saturated carbocycles. The number of nitrogens with zero attached hydrogens (tertiary/aromatic N) is 2. The number of hydrogen-bond acceptors (Lipinski definition) is 6. The maximum atomic E-state index is 13.4. The number of amides is 3. The predicted molar refractivity (Wildman–Crippen MR) is 122 cm³/mol. The van der Waals surface area contributed by atoms with Gasteiger partial charge in [0, 0.05) is 61.4 Å². The van der Waals surface area contributed by atoms with Crippen LogP contribution in [0.2, 0.25) is 0 Å². The minimum atomic E-state index is -3.11. The van der Waals surface area contributed by atoms with Crippen molar-refractivity contribution in [2.45, 2.75) is 38.4 Å². The summed E-state index contributed by atoms with van der Waals surface area (Å²) in [6.07, 6.45) is -6.18. The molecule has 2 aromatic rings. The number of piperidine rings is 1. The van der Waals surface area contributed by atoms with Gasteiger partial charge in [0.2, 0.25) is 11.8 Å². The van der Waals surface area contributed by atoms with E-state index in [9.17, 15) is 14.4 Å². The number of benzene rings is 2. The molecule has 1 atom stereocenters. The molecule has 2 aromatic carbocycles. The van der Waals surface area contributed by atoms with Crippen LogP contribution in [0.4, 0.5) is 5.69 Å². The zero-order chi connectivity index (χ0) is 29.0. The molecule has 3 aliphatic rings. The number of carbonyl (C=O) groups is 3. The molecule has 5 rings (SSSR count). The SMILES string of the molecule is [2H]c1c([2H])c(NCc2ccc(CN3CCOCC3)cc2)c2c(c1[2H])C(=O)N(C1C(=O)NC(=O)C([2H])([2H])C1([2H])[2H])C2. The van der Waals surface area contributed by atoms with Gasteiger partial charge in [0.05, 0.1) is 17.3 Å². The lowest BCUT2D eigenvalue weighted by atomic mass is 10.0. The third kappa shape index (κ3) is 4.62. The highest BCUT2D eigenvalue weighted by molar-refractivity contribution is 6.06. The zero-order valence-corrected chi connectivity index (χ0v) is 17.9. The maximum absolute atomic E-state index is 13.4. The number of hydrogen-bond donors (Lipinski definition) is 2. The third-order valence-electron chi connectivity index (χ3n) is 5.90. The minimum absolute atomic E-state index is 0.0973. The van der Waals surface area contributed by atoms with Gasteiger partial charge in [-0.25, -0.2) is 0 Å². The molecule has 3 amide bonds. The normalized spacial score (nSPS) is 27.3. The molecule has 3 heterocycles. The first-order valence-electron chi connectivity index (χ1n) is 14.2. The van der Waals surface area contributed by atoms with Crippen LogP contribution in [0.5, 0.6) is 0 Å². The van der Waals surface area contributed by atoms with Gasteiger partial charge < -0.3 is 15.0 Å². The largest absolute Gasteiger partial charge is 0.381 e. The Morgan fingerprint density at radius 1 is 1.12 bits per heavy atom. The Morgan fingerprint density at radius 2 is 1.88 bits per heavy atom. The van der Waals surface area contributed by atoms with Crippen LogP contribution in [0.3, 0.4) is 0 Å². The average Bonchev–Trinajstić information content (AvgIpc) is 3.24. The van der Waals surface area contributed by atoms with Crippen LogP contribution in [0.1, 0.15) is 49.4 Å². The monoisotopic (exact) mass is 455 g/mol. The Labute approximate surface area is 202 Å². The molecule has 0 bridgehead atoms. The quantitative estimate of drug-likeness (QED) is 0.647. The Hall–Kier alpha value is -3.23. The van der Waals surface area contributed by atoms with Crippen LogP contribution in [0.25, 0.3) is 0 Å². The zero-order valence-electron chi connectivity index (χ0n) is 24.9. The Morgan fingerprint density at radius 3 is 2.67 bits per heavy atom. The molecule has 33 heavy (non-hydrogen) atoms. The van der Waals surface area contributed by atoms with Gasteiger partial charge in [-0.2, -0.15) is 0 Å². The molecule has 0 radical (unpaired) electrons. The lowest BCUT2D eigenvalue weighted by Crippen LogP contribution is -2.52. The molecule has 1 unspecified atom stereocenters. The summed E-state index contributed by atoms with van der Waals surface area (Å²) < 4.78 is 62.8. The van der Waals surface area contributed by atoms with Crippen molar-refractivity contribution in [2.75, 3.05) is 31.6 Å². The number of anilines is 1. The molecule has 0 aliphatic carbocycles. The molecular weight excluding hydrogens is 420 g/mol. The van der Waals surface area contributed by atoms with Gasteiger partial charge >= 0.3 is 0 Å². The number of carbonyl (C=O) groups excluding carboxylic acids is 3. The smallest absolute Gasteiger partial charge is 0.255 e. The van der Waals surface area contributed by atoms with Crippen LogP contribution in [-0.2, 0) is 34.0 Å². The molecular formula is C25H28N4O4. The van der Waals surface area contributed by atoms with E-state index in [-0.39, 0.29) is 29.4 Å². The molecule has 2 N–H and O–H groups in total. The van der Waals surface area contributed by atoms with E-state index in [4.69, 9.17) is 14.3 Å². The number of ether oxygens (including phenoxy) is 1. The Balaban J connectivity index is 1.39. The molecule has 8 nitrogen and oxygen atoms in total. The van der Waals surface area contributed by atoms with E-state index in [0.29, 0.717) is 13.2 Å². The van der Waals surface area contributed by atoms with E-state index in [2.05, 4.69) is 10.2 Å².